The van der Waals surface area contributed by atoms with Crippen molar-refractivity contribution >= 4 is 17.5 Å². The van der Waals surface area contributed by atoms with E-state index in [1.54, 1.807) is 0 Å². The van der Waals surface area contributed by atoms with Gasteiger partial charge in [-0.05, 0) is 24.6 Å². The molecule has 0 radical (unpaired) electrons. The summed E-state index contributed by atoms with van der Waals surface area (Å²) in [6.45, 7) is 3.56. The van der Waals surface area contributed by atoms with Crippen LogP contribution in [-0.2, 0) is 16.1 Å². The van der Waals surface area contributed by atoms with Crippen molar-refractivity contribution in [3.63, 3.8) is 0 Å². The minimum Gasteiger partial charge on any atom is -0.313 e. The van der Waals surface area contributed by atoms with E-state index >= 15 is 0 Å². The lowest BCUT2D eigenvalue weighted by atomic mass is 10.1. The molecule has 1 N–H and O–H groups in total. The summed E-state index contributed by atoms with van der Waals surface area (Å²) in [6.07, 6.45) is 1.59. The standard InChI is InChI=1S/C14H18N2O2/c1-2-15-10-11-6-3-4-7-12(11)16-13(17)8-5-9-14(16)18/h3-4,6-7,15H,2,5,8-10H2,1H3. The van der Waals surface area contributed by atoms with Gasteiger partial charge >= 0.3 is 0 Å². The fraction of sp³-hybridized carbons (Fsp3) is 0.429. The first-order valence-corrected chi connectivity index (χ1v) is 6.38. The molecule has 4 nitrogen and oxygen atoms in total. The number of nitrogens with one attached hydrogen (secondary N) is 1. The second-order valence-electron chi connectivity index (χ2n) is 4.39. The van der Waals surface area contributed by atoms with Gasteiger partial charge in [-0.15, -0.1) is 0 Å². The van der Waals surface area contributed by atoms with Crippen LogP contribution in [0, 0.1) is 0 Å². The molecule has 4 heteroatoms. The molecule has 1 aromatic rings. The molecule has 1 fully saturated rings. The number of piperidine rings is 1. The Labute approximate surface area is 107 Å². The number of benzene rings is 1. The first-order chi connectivity index (χ1) is 8.74. The normalized spacial score (nSPS) is 16.2. The highest BCUT2D eigenvalue weighted by Crippen LogP contribution is 2.25. The number of carbonyl (C=O) groups is 2. The van der Waals surface area contributed by atoms with E-state index in [-0.39, 0.29) is 11.8 Å². The molecule has 0 aliphatic carbocycles. The Balaban J connectivity index is 2.30. The van der Waals surface area contributed by atoms with Crippen LogP contribution in [-0.4, -0.2) is 18.4 Å². The van der Waals surface area contributed by atoms with E-state index in [1.165, 1.54) is 4.90 Å². The Bertz CT molecular complexity index is 441. The molecule has 1 saturated heterocycles. The second kappa shape index (κ2) is 5.78. The summed E-state index contributed by atoms with van der Waals surface area (Å²) < 4.78 is 0. The molecule has 18 heavy (non-hydrogen) atoms. The summed E-state index contributed by atoms with van der Waals surface area (Å²) in [4.78, 5) is 25.2. The van der Waals surface area contributed by atoms with Crippen LogP contribution in [0.15, 0.2) is 24.3 Å². The molecule has 0 saturated carbocycles. The Morgan fingerprint density at radius 2 is 1.83 bits per heavy atom. The number of amides is 2. The molecule has 0 unspecified atom stereocenters. The molecule has 1 aliphatic rings. The first kappa shape index (κ1) is 12.8. The lowest BCUT2D eigenvalue weighted by Crippen LogP contribution is -2.40. The molecule has 1 aliphatic heterocycles. The second-order valence-corrected chi connectivity index (χ2v) is 4.39. The largest absolute Gasteiger partial charge is 0.313 e. The van der Waals surface area contributed by atoms with Crippen LogP contribution in [0.3, 0.4) is 0 Å². The van der Waals surface area contributed by atoms with Gasteiger partial charge in [0.1, 0.15) is 0 Å². The zero-order chi connectivity index (χ0) is 13.0. The van der Waals surface area contributed by atoms with E-state index in [0.717, 1.165) is 17.8 Å². The summed E-state index contributed by atoms with van der Waals surface area (Å²) >= 11 is 0. The molecule has 0 bridgehead atoms. The van der Waals surface area contributed by atoms with E-state index in [9.17, 15) is 9.59 Å². The maximum absolute atomic E-state index is 11.9. The summed E-state index contributed by atoms with van der Waals surface area (Å²) in [5.74, 6) is -0.176. The fourth-order valence-corrected chi connectivity index (χ4v) is 2.16. The van der Waals surface area contributed by atoms with E-state index in [0.29, 0.717) is 25.8 Å². The lowest BCUT2D eigenvalue weighted by Gasteiger charge is -2.26. The van der Waals surface area contributed by atoms with Gasteiger partial charge in [-0.3, -0.25) is 14.5 Å². The van der Waals surface area contributed by atoms with Gasteiger partial charge in [0.05, 0.1) is 5.69 Å². The molecule has 1 aromatic carbocycles. The molecule has 0 spiro atoms. The number of carbonyl (C=O) groups excluding carboxylic acids is 2. The van der Waals surface area contributed by atoms with Crippen molar-refractivity contribution in [2.45, 2.75) is 32.7 Å². The molecule has 1 heterocycles. The predicted octanol–water partition coefficient (Wildman–Crippen LogP) is 1.84. The van der Waals surface area contributed by atoms with Crippen LogP contribution in [0.25, 0.3) is 0 Å². The van der Waals surface area contributed by atoms with Gasteiger partial charge in [-0.1, -0.05) is 25.1 Å². The number of anilines is 1. The SMILES string of the molecule is CCNCc1ccccc1N1C(=O)CCCC1=O. The zero-order valence-corrected chi connectivity index (χ0v) is 10.6. The Hall–Kier alpha value is -1.68. The van der Waals surface area contributed by atoms with Crippen LogP contribution < -0.4 is 10.2 Å². The van der Waals surface area contributed by atoms with Gasteiger partial charge in [0.25, 0.3) is 0 Å². The highest BCUT2D eigenvalue weighted by atomic mass is 16.2. The molecular weight excluding hydrogens is 228 g/mol. The topological polar surface area (TPSA) is 49.4 Å². The van der Waals surface area contributed by atoms with Gasteiger partial charge in [-0.2, -0.15) is 0 Å². The smallest absolute Gasteiger partial charge is 0.233 e. The molecule has 0 atom stereocenters. The Morgan fingerprint density at radius 3 is 2.50 bits per heavy atom. The molecule has 2 amide bonds. The van der Waals surface area contributed by atoms with Crippen LogP contribution in [0.4, 0.5) is 5.69 Å². The summed E-state index contributed by atoms with van der Waals surface area (Å²) in [7, 11) is 0. The number of hydrogen-bond acceptors (Lipinski definition) is 3. The average molecular weight is 246 g/mol. The Morgan fingerprint density at radius 1 is 1.17 bits per heavy atom. The molecule has 2 rings (SSSR count). The van der Waals surface area contributed by atoms with Gasteiger partial charge in [0.2, 0.25) is 11.8 Å². The van der Waals surface area contributed by atoms with Gasteiger partial charge in [-0.25, -0.2) is 0 Å². The summed E-state index contributed by atoms with van der Waals surface area (Å²) in [5.41, 5.74) is 1.72. The van der Waals surface area contributed by atoms with Crippen molar-refractivity contribution in [3.05, 3.63) is 29.8 Å². The van der Waals surface area contributed by atoms with Crippen LogP contribution in [0.5, 0.6) is 0 Å². The zero-order valence-electron chi connectivity index (χ0n) is 10.6. The number of imide groups is 1. The van der Waals surface area contributed by atoms with Crippen molar-refractivity contribution in [3.8, 4) is 0 Å². The van der Waals surface area contributed by atoms with E-state index in [1.807, 2.05) is 31.2 Å². The van der Waals surface area contributed by atoms with E-state index in [4.69, 9.17) is 0 Å². The monoisotopic (exact) mass is 246 g/mol. The number of para-hydroxylation sites is 1. The minimum atomic E-state index is -0.0878. The van der Waals surface area contributed by atoms with E-state index < -0.39 is 0 Å². The van der Waals surface area contributed by atoms with Crippen molar-refractivity contribution in [1.29, 1.82) is 0 Å². The summed E-state index contributed by atoms with van der Waals surface area (Å²) in [5, 5.41) is 3.22. The lowest BCUT2D eigenvalue weighted by molar-refractivity contribution is -0.129. The minimum absolute atomic E-state index is 0.0878. The van der Waals surface area contributed by atoms with E-state index in [2.05, 4.69) is 5.32 Å². The Kier molecular flexibility index (Phi) is 4.10. The number of hydrogen-bond donors (Lipinski definition) is 1. The van der Waals surface area contributed by atoms with Gasteiger partial charge in [0.15, 0.2) is 0 Å². The third kappa shape index (κ3) is 2.59. The van der Waals surface area contributed by atoms with Gasteiger partial charge < -0.3 is 5.32 Å². The average Bonchev–Trinajstić information content (AvgIpc) is 2.37. The molecule has 96 valence electrons. The molecule has 0 aromatic heterocycles. The third-order valence-electron chi connectivity index (χ3n) is 3.08. The molecular formula is C14H18N2O2. The van der Waals surface area contributed by atoms with Crippen molar-refractivity contribution < 1.29 is 9.59 Å². The first-order valence-electron chi connectivity index (χ1n) is 6.38. The quantitative estimate of drug-likeness (QED) is 0.825. The number of nitrogens with zero attached hydrogens (tertiary/aromatic N) is 1. The van der Waals surface area contributed by atoms with Gasteiger partial charge in [0, 0.05) is 19.4 Å². The number of rotatable bonds is 4. The highest BCUT2D eigenvalue weighted by Gasteiger charge is 2.28. The van der Waals surface area contributed by atoms with Crippen LogP contribution >= 0.6 is 0 Å². The van der Waals surface area contributed by atoms with Crippen molar-refractivity contribution in [1.82, 2.24) is 5.32 Å². The van der Waals surface area contributed by atoms with Crippen LogP contribution in [0.1, 0.15) is 31.7 Å². The third-order valence-corrected chi connectivity index (χ3v) is 3.08. The highest BCUT2D eigenvalue weighted by molar-refractivity contribution is 6.16. The van der Waals surface area contributed by atoms with Crippen molar-refractivity contribution in [2.75, 3.05) is 11.4 Å². The fourth-order valence-electron chi connectivity index (χ4n) is 2.16. The summed E-state index contributed by atoms with van der Waals surface area (Å²) in [6, 6.07) is 7.58. The van der Waals surface area contributed by atoms with Crippen molar-refractivity contribution in [2.24, 2.45) is 0 Å². The maximum Gasteiger partial charge on any atom is 0.233 e. The van der Waals surface area contributed by atoms with Crippen LogP contribution in [0.2, 0.25) is 0 Å². The predicted molar refractivity (Wildman–Crippen MR) is 70.2 cm³/mol. The maximum atomic E-state index is 11.9.